The highest BCUT2D eigenvalue weighted by Gasteiger charge is 2.05. The third kappa shape index (κ3) is 3.01. The van der Waals surface area contributed by atoms with Gasteiger partial charge in [0, 0.05) is 0 Å². The van der Waals surface area contributed by atoms with E-state index >= 15 is 0 Å². The SMILES string of the molecule is Cc1ccc(F)c(OCC(C)F)c1. The maximum absolute atomic E-state index is 13.0. The van der Waals surface area contributed by atoms with Crippen molar-refractivity contribution in [2.24, 2.45) is 0 Å². The van der Waals surface area contributed by atoms with Gasteiger partial charge in [-0.15, -0.1) is 0 Å². The molecule has 1 nitrogen and oxygen atoms in total. The molecular formula is C10H12F2O. The summed E-state index contributed by atoms with van der Waals surface area (Å²) >= 11 is 0. The average Bonchev–Trinajstić information content (AvgIpc) is 2.06. The number of hydrogen-bond acceptors (Lipinski definition) is 1. The van der Waals surface area contributed by atoms with Crippen molar-refractivity contribution in [3.8, 4) is 5.75 Å². The Hall–Kier alpha value is -1.12. The van der Waals surface area contributed by atoms with Crippen LogP contribution in [-0.2, 0) is 0 Å². The van der Waals surface area contributed by atoms with Gasteiger partial charge in [0.2, 0.25) is 0 Å². The van der Waals surface area contributed by atoms with E-state index in [1.807, 2.05) is 6.92 Å². The van der Waals surface area contributed by atoms with Gasteiger partial charge in [-0.25, -0.2) is 8.78 Å². The summed E-state index contributed by atoms with van der Waals surface area (Å²) in [7, 11) is 0. The van der Waals surface area contributed by atoms with Crippen molar-refractivity contribution >= 4 is 0 Å². The molecular weight excluding hydrogens is 174 g/mol. The minimum absolute atomic E-state index is 0.111. The van der Waals surface area contributed by atoms with Gasteiger partial charge in [0.25, 0.3) is 0 Å². The molecule has 0 aliphatic carbocycles. The minimum atomic E-state index is -1.08. The summed E-state index contributed by atoms with van der Waals surface area (Å²) in [5, 5.41) is 0. The Morgan fingerprint density at radius 2 is 2.15 bits per heavy atom. The van der Waals surface area contributed by atoms with Crippen molar-refractivity contribution in [2.75, 3.05) is 6.61 Å². The smallest absolute Gasteiger partial charge is 0.165 e. The third-order valence-electron chi connectivity index (χ3n) is 1.56. The first kappa shape index (κ1) is 9.96. The topological polar surface area (TPSA) is 9.23 Å². The molecule has 72 valence electrons. The van der Waals surface area contributed by atoms with E-state index in [0.717, 1.165) is 5.56 Å². The molecule has 0 aliphatic rings. The zero-order chi connectivity index (χ0) is 9.84. The fourth-order valence-corrected chi connectivity index (χ4v) is 0.926. The van der Waals surface area contributed by atoms with Crippen LogP contribution in [0, 0.1) is 12.7 Å². The van der Waals surface area contributed by atoms with Gasteiger partial charge in [-0.05, 0) is 31.5 Å². The zero-order valence-electron chi connectivity index (χ0n) is 7.68. The summed E-state index contributed by atoms with van der Waals surface area (Å²) in [6.45, 7) is 3.08. The molecule has 1 unspecified atom stereocenters. The van der Waals surface area contributed by atoms with Crippen LogP contribution in [0.3, 0.4) is 0 Å². The Balaban J connectivity index is 2.70. The molecule has 0 fully saturated rings. The first-order chi connectivity index (χ1) is 6.09. The van der Waals surface area contributed by atoms with E-state index < -0.39 is 12.0 Å². The fourth-order valence-electron chi connectivity index (χ4n) is 0.926. The summed E-state index contributed by atoms with van der Waals surface area (Å²) in [6, 6.07) is 4.51. The molecule has 0 spiro atoms. The van der Waals surface area contributed by atoms with Crippen LogP contribution in [0.4, 0.5) is 8.78 Å². The van der Waals surface area contributed by atoms with Crippen molar-refractivity contribution in [3.05, 3.63) is 29.6 Å². The zero-order valence-corrected chi connectivity index (χ0v) is 7.68. The van der Waals surface area contributed by atoms with Crippen molar-refractivity contribution in [2.45, 2.75) is 20.0 Å². The first-order valence-electron chi connectivity index (χ1n) is 4.12. The van der Waals surface area contributed by atoms with Crippen molar-refractivity contribution in [1.29, 1.82) is 0 Å². The fraction of sp³-hybridized carbons (Fsp3) is 0.400. The molecule has 0 saturated heterocycles. The molecule has 0 radical (unpaired) electrons. The lowest BCUT2D eigenvalue weighted by atomic mass is 10.2. The van der Waals surface area contributed by atoms with Crippen molar-refractivity contribution < 1.29 is 13.5 Å². The molecule has 0 amide bonds. The molecule has 3 heteroatoms. The number of alkyl halides is 1. The lowest BCUT2D eigenvalue weighted by Gasteiger charge is -2.08. The number of benzene rings is 1. The Morgan fingerprint density at radius 3 is 2.77 bits per heavy atom. The molecule has 13 heavy (non-hydrogen) atoms. The molecule has 0 N–H and O–H groups in total. The number of ether oxygens (including phenoxy) is 1. The van der Waals surface area contributed by atoms with Crippen LogP contribution in [0.2, 0.25) is 0 Å². The van der Waals surface area contributed by atoms with Crippen LogP contribution < -0.4 is 4.74 Å². The molecule has 1 atom stereocenters. The van der Waals surface area contributed by atoms with Gasteiger partial charge in [-0.2, -0.15) is 0 Å². The predicted molar refractivity (Wildman–Crippen MR) is 47.2 cm³/mol. The lowest BCUT2D eigenvalue weighted by Crippen LogP contribution is -2.09. The van der Waals surface area contributed by atoms with Gasteiger partial charge in [0.1, 0.15) is 12.8 Å². The normalized spacial score (nSPS) is 12.6. The van der Waals surface area contributed by atoms with E-state index in [4.69, 9.17) is 4.74 Å². The van der Waals surface area contributed by atoms with Crippen LogP contribution in [-0.4, -0.2) is 12.8 Å². The summed E-state index contributed by atoms with van der Waals surface area (Å²) in [6.07, 6.45) is -1.08. The van der Waals surface area contributed by atoms with Gasteiger partial charge < -0.3 is 4.74 Å². The van der Waals surface area contributed by atoms with Crippen LogP contribution in [0.15, 0.2) is 18.2 Å². The highest BCUT2D eigenvalue weighted by Crippen LogP contribution is 2.18. The van der Waals surface area contributed by atoms with E-state index in [1.54, 1.807) is 12.1 Å². The van der Waals surface area contributed by atoms with Gasteiger partial charge in [0.05, 0.1) is 0 Å². The van der Waals surface area contributed by atoms with Gasteiger partial charge in [-0.3, -0.25) is 0 Å². The molecule has 0 aromatic heterocycles. The molecule has 1 rings (SSSR count). The van der Waals surface area contributed by atoms with Crippen LogP contribution >= 0.6 is 0 Å². The van der Waals surface area contributed by atoms with Crippen LogP contribution in [0.5, 0.6) is 5.75 Å². The third-order valence-corrected chi connectivity index (χ3v) is 1.56. The molecule has 0 saturated carbocycles. The summed E-state index contributed by atoms with van der Waals surface area (Å²) < 4.78 is 30.3. The Bertz CT molecular complexity index is 284. The van der Waals surface area contributed by atoms with Gasteiger partial charge in [-0.1, -0.05) is 6.07 Å². The van der Waals surface area contributed by atoms with Crippen LogP contribution in [0.25, 0.3) is 0 Å². The van der Waals surface area contributed by atoms with Gasteiger partial charge in [0.15, 0.2) is 11.6 Å². The molecule has 1 aromatic rings. The monoisotopic (exact) mass is 186 g/mol. The number of aryl methyl sites for hydroxylation is 1. The van der Waals surface area contributed by atoms with E-state index in [-0.39, 0.29) is 12.4 Å². The number of halogens is 2. The molecule has 0 aliphatic heterocycles. The maximum atomic E-state index is 13.0. The van der Waals surface area contributed by atoms with Gasteiger partial charge >= 0.3 is 0 Å². The number of rotatable bonds is 3. The van der Waals surface area contributed by atoms with E-state index in [9.17, 15) is 8.78 Å². The quantitative estimate of drug-likeness (QED) is 0.705. The molecule has 1 aromatic carbocycles. The second-order valence-corrected chi connectivity index (χ2v) is 3.03. The highest BCUT2D eigenvalue weighted by molar-refractivity contribution is 5.29. The van der Waals surface area contributed by atoms with Crippen molar-refractivity contribution in [1.82, 2.24) is 0 Å². The van der Waals surface area contributed by atoms with E-state index in [2.05, 4.69) is 0 Å². The second-order valence-electron chi connectivity index (χ2n) is 3.03. The predicted octanol–water partition coefficient (Wildman–Crippen LogP) is 2.87. The van der Waals surface area contributed by atoms with Crippen LogP contribution in [0.1, 0.15) is 12.5 Å². The summed E-state index contributed by atoms with van der Waals surface area (Å²) in [5.74, 6) is -0.337. The van der Waals surface area contributed by atoms with E-state index in [0.29, 0.717) is 0 Å². The Labute approximate surface area is 76.3 Å². The van der Waals surface area contributed by atoms with Crippen molar-refractivity contribution in [3.63, 3.8) is 0 Å². The minimum Gasteiger partial charge on any atom is -0.487 e. The standard InChI is InChI=1S/C10H12F2O/c1-7-3-4-9(12)10(5-7)13-6-8(2)11/h3-5,8H,6H2,1-2H3. The summed E-state index contributed by atoms with van der Waals surface area (Å²) in [5.41, 5.74) is 0.892. The largest absolute Gasteiger partial charge is 0.487 e. The Morgan fingerprint density at radius 1 is 1.46 bits per heavy atom. The first-order valence-corrected chi connectivity index (χ1v) is 4.12. The maximum Gasteiger partial charge on any atom is 0.165 e. The second kappa shape index (κ2) is 4.21. The Kier molecular flexibility index (Phi) is 3.23. The molecule has 0 heterocycles. The summed E-state index contributed by atoms with van der Waals surface area (Å²) in [4.78, 5) is 0. The highest BCUT2D eigenvalue weighted by atomic mass is 19.1. The lowest BCUT2D eigenvalue weighted by molar-refractivity contribution is 0.203. The van der Waals surface area contributed by atoms with E-state index in [1.165, 1.54) is 13.0 Å². The number of hydrogen-bond donors (Lipinski definition) is 0. The average molecular weight is 186 g/mol. The molecule has 0 bridgehead atoms.